The van der Waals surface area contributed by atoms with Crippen LogP contribution in [0.3, 0.4) is 0 Å². The van der Waals surface area contributed by atoms with Gasteiger partial charge in [-0.3, -0.25) is 4.99 Å². The molecule has 0 aromatic carbocycles. The Bertz CT molecular complexity index is 371. The maximum Gasteiger partial charge on any atom is 0.196 e. The minimum Gasteiger partial charge on any atom is -0.340 e. The molecule has 0 aliphatic carbocycles. The van der Waals surface area contributed by atoms with Gasteiger partial charge < -0.3 is 5.32 Å². The van der Waals surface area contributed by atoms with Gasteiger partial charge in [0, 0.05) is 6.21 Å². The smallest absolute Gasteiger partial charge is 0.196 e. The summed E-state index contributed by atoms with van der Waals surface area (Å²) < 4.78 is 0. The number of halogens is 2. The van der Waals surface area contributed by atoms with Crippen LogP contribution in [0, 0.1) is 11.8 Å². The van der Waals surface area contributed by atoms with Crippen LogP contribution in [0.15, 0.2) is 20.8 Å². The SMILES string of the molecule is CC(C)C1C=NC2=C(Cl)NC(Cl)N=C2CC1. The highest BCUT2D eigenvalue weighted by Crippen LogP contribution is 2.27. The van der Waals surface area contributed by atoms with Crippen molar-refractivity contribution in [2.75, 3.05) is 0 Å². The Morgan fingerprint density at radius 2 is 2.25 bits per heavy atom. The molecular formula is C11H15Cl2N3. The number of alkyl halides is 1. The summed E-state index contributed by atoms with van der Waals surface area (Å²) >= 11 is 12.0. The van der Waals surface area contributed by atoms with Gasteiger partial charge in [0.15, 0.2) is 5.62 Å². The molecule has 2 aliphatic heterocycles. The van der Waals surface area contributed by atoms with Crippen LogP contribution in [0.5, 0.6) is 0 Å². The molecule has 0 radical (unpaired) electrons. The van der Waals surface area contributed by atoms with Crippen LogP contribution in [0.1, 0.15) is 26.7 Å². The molecule has 2 heterocycles. The lowest BCUT2D eigenvalue weighted by Crippen LogP contribution is -2.27. The van der Waals surface area contributed by atoms with Crippen molar-refractivity contribution in [3.8, 4) is 0 Å². The van der Waals surface area contributed by atoms with E-state index < -0.39 is 5.62 Å². The van der Waals surface area contributed by atoms with Gasteiger partial charge >= 0.3 is 0 Å². The van der Waals surface area contributed by atoms with Gasteiger partial charge in [-0.2, -0.15) is 0 Å². The maximum absolute atomic E-state index is 6.07. The van der Waals surface area contributed by atoms with E-state index in [2.05, 4.69) is 29.1 Å². The second-order valence-corrected chi connectivity index (χ2v) is 5.23. The third kappa shape index (κ3) is 2.41. The van der Waals surface area contributed by atoms with E-state index in [4.69, 9.17) is 23.2 Å². The van der Waals surface area contributed by atoms with Gasteiger partial charge in [-0.15, -0.1) is 0 Å². The summed E-state index contributed by atoms with van der Waals surface area (Å²) in [7, 11) is 0. The Morgan fingerprint density at radius 3 is 2.94 bits per heavy atom. The van der Waals surface area contributed by atoms with E-state index in [0.717, 1.165) is 24.3 Å². The number of fused-ring (bicyclic) bond motifs is 1. The topological polar surface area (TPSA) is 36.8 Å². The molecule has 2 rings (SSSR count). The van der Waals surface area contributed by atoms with E-state index in [0.29, 0.717) is 17.0 Å². The molecule has 5 heteroatoms. The second kappa shape index (κ2) is 4.76. The molecule has 2 unspecified atom stereocenters. The van der Waals surface area contributed by atoms with Gasteiger partial charge in [0.2, 0.25) is 0 Å². The summed E-state index contributed by atoms with van der Waals surface area (Å²) in [5.74, 6) is 1.07. The van der Waals surface area contributed by atoms with Crippen molar-refractivity contribution >= 4 is 35.1 Å². The molecule has 3 nitrogen and oxygen atoms in total. The van der Waals surface area contributed by atoms with Crippen LogP contribution >= 0.6 is 23.2 Å². The van der Waals surface area contributed by atoms with Gasteiger partial charge in [0.25, 0.3) is 0 Å². The summed E-state index contributed by atoms with van der Waals surface area (Å²) in [5.41, 5.74) is 1.21. The lowest BCUT2D eigenvalue weighted by Gasteiger charge is -2.18. The average Bonchev–Trinajstić information content (AvgIpc) is 2.39. The number of hydrogen-bond acceptors (Lipinski definition) is 3. The summed E-state index contributed by atoms with van der Waals surface area (Å²) in [6.07, 6.45) is 3.93. The highest BCUT2D eigenvalue weighted by atomic mass is 35.5. The molecule has 88 valence electrons. The predicted molar refractivity (Wildman–Crippen MR) is 69.1 cm³/mol. The number of nitrogens with one attached hydrogen (secondary N) is 1. The largest absolute Gasteiger partial charge is 0.340 e. The zero-order valence-corrected chi connectivity index (χ0v) is 10.9. The van der Waals surface area contributed by atoms with Crippen LogP contribution in [-0.4, -0.2) is 17.6 Å². The van der Waals surface area contributed by atoms with Gasteiger partial charge in [0.1, 0.15) is 10.9 Å². The molecular weight excluding hydrogens is 245 g/mol. The number of allylic oxidation sites excluding steroid dienone is 1. The van der Waals surface area contributed by atoms with Gasteiger partial charge in [0.05, 0.1) is 5.71 Å². The second-order valence-electron chi connectivity index (χ2n) is 4.44. The number of hydrogen-bond donors (Lipinski definition) is 1. The van der Waals surface area contributed by atoms with E-state index >= 15 is 0 Å². The van der Waals surface area contributed by atoms with E-state index in [1.165, 1.54) is 0 Å². The fourth-order valence-electron chi connectivity index (χ4n) is 1.90. The van der Waals surface area contributed by atoms with Crippen molar-refractivity contribution in [3.63, 3.8) is 0 Å². The first-order valence-electron chi connectivity index (χ1n) is 5.49. The molecule has 0 amide bonds. The lowest BCUT2D eigenvalue weighted by molar-refractivity contribution is 0.480. The Labute approximate surface area is 106 Å². The van der Waals surface area contributed by atoms with Crippen molar-refractivity contribution in [1.29, 1.82) is 0 Å². The summed E-state index contributed by atoms with van der Waals surface area (Å²) in [5, 5.41) is 3.36. The first-order valence-corrected chi connectivity index (χ1v) is 6.31. The van der Waals surface area contributed by atoms with Crippen LogP contribution in [0.4, 0.5) is 0 Å². The summed E-state index contributed by atoms with van der Waals surface area (Å²) in [6, 6.07) is 0. The van der Waals surface area contributed by atoms with Crippen molar-refractivity contribution in [2.45, 2.75) is 32.3 Å². The third-order valence-corrected chi connectivity index (χ3v) is 3.46. The van der Waals surface area contributed by atoms with Gasteiger partial charge in [-0.05, 0) is 24.7 Å². The van der Waals surface area contributed by atoms with E-state index in [1.807, 2.05) is 6.21 Å². The van der Waals surface area contributed by atoms with Crippen LogP contribution in [0.25, 0.3) is 0 Å². The van der Waals surface area contributed by atoms with E-state index in [9.17, 15) is 0 Å². The Hall–Kier alpha value is -0.540. The van der Waals surface area contributed by atoms with Gasteiger partial charge in [-0.25, -0.2) is 4.99 Å². The average molecular weight is 260 g/mol. The van der Waals surface area contributed by atoms with Crippen LogP contribution in [0.2, 0.25) is 0 Å². The first kappa shape index (κ1) is 11.9. The summed E-state index contributed by atoms with van der Waals surface area (Å²) in [6.45, 7) is 4.40. The molecule has 0 aromatic heterocycles. The molecule has 0 aromatic rings. The van der Waals surface area contributed by atoms with Crippen LogP contribution in [-0.2, 0) is 0 Å². The maximum atomic E-state index is 6.07. The minimum absolute atomic E-state index is 0.461. The lowest BCUT2D eigenvalue weighted by atomic mass is 9.92. The van der Waals surface area contributed by atoms with Crippen molar-refractivity contribution in [2.24, 2.45) is 21.8 Å². The standard InChI is InChI=1S/C11H15Cl2N3/c1-6(2)7-3-4-8-9(14-5-7)10(12)16-11(13)15-8/h5-7,11,16H,3-4H2,1-2H3. The van der Waals surface area contributed by atoms with Crippen LogP contribution < -0.4 is 5.32 Å². The van der Waals surface area contributed by atoms with E-state index in [1.54, 1.807) is 0 Å². The molecule has 0 bridgehead atoms. The molecule has 16 heavy (non-hydrogen) atoms. The zero-order valence-electron chi connectivity index (χ0n) is 9.37. The molecule has 0 spiro atoms. The number of aliphatic imine (C=N–C) groups is 2. The Morgan fingerprint density at radius 1 is 1.50 bits per heavy atom. The molecule has 1 N–H and O–H groups in total. The molecule has 0 saturated carbocycles. The molecule has 2 aliphatic rings. The van der Waals surface area contributed by atoms with Crippen molar-refractivity contribution < 1.29 is 0 Å². The first-order chi connectivity index (χ1) is 7.58. The zero-order chi connectivity index (χ0) is 11.7. The normalized spacial score (nSPS) is 29.7. The Kier molecular flexibility index (Phi) is 3.55. The highest BCUT2D eigenvalue weighted by Gasteiger charge is 2.24. The predicted octanol–water partition coefficient (Wildman–Crippen LogP) is 3.10. The fourth-order valence-corrected chi connectivity index (χ4v) is 2.44. The fraction of sp³-hybridized carbons (Fsp3) is 0.636. The molecule has 0 fully saturated rings. The van der Waals surface area contributed by atoms with Gasteiger partial charge in [-0.1, -0.05) is 37.0 Å². The number of rotatable bonds is 1. The monoisotopic (exact) mass is 259 g/mol. The summed E-state index contributed by atoms with van der Waals surface area (Å²) in [4.78, 5) is 8.76. The van der Waals surface area contributed by atoms with Crippen molar-refractivity contribution in [3.05, 3.63) is 10.9 Å². The number of nitrogens with zero attached hydrogens (tertiary/aromatic N) is 2. The highest BCUT2D eigenvalue weighted by molar-refractivity contribution is 6.33. The quantitative estimate of drug-likeness (QED) is 0.570. The minimum atomic E-state index is -0.461. The third-order valence-electron chi connectivity index (χ3n) is 2.96. The van der Waals surface area contributed by atoms with Crippen molar-refractivity contribution in [1.82, 2.24) is 5.32 Å². The molecule has 0 saturated heterocycles. The molecule has 2 atom stereocenters. The van der Waals surface area contributed by atoms with E-state index in [-0.39, 0.29) is 0 Å². The Balaban J connectivity index is 2.28.